The van der Waals surface area contributed by atoms with Gasteiger partial charge in [-0.2, -0.15) is 0 Å². The number of terminal acetylenes is 1. The molecule has 1 saturated carbocycles. The van der Waals surface area contributed by atoms with Gasteiger partial charge in [0.2, 0.25) is 0 Å². The second-order valence-corrected chi connectivity index (χ2v) is 5.38. The van der Waals surface area contributed by atoms with Gasteiger partial charge in [-0.15, -0.1) is 6.42 Å². The zero-order valence-electron chi connectivity index (χ0n) is 11.0. The minimum Gasteiger partial charge on any atom is -0.384 e. The van der Waals surface area contributed by atoms with Gasteiger partial charge in [0, 0.05) is 24.3 Å². The lowest BCUT2D eigenvalue weighted by Gasteiger charge is -2.20. The molecule has 1 aliphatic heterocycles. The van der Waals surface area contributed by atoms with E-state index in [0.717, 1.165) is 30.8 Å². The third kappa shape index (κ3) is 2.58. The summed E-state index contributed by atoms with van der Waals surface area (Å²) < 4.78 is 0. The maximum absolute atomic E-state index is 12.5. The van der Waals surface area contributed by atoms with E-state index in [1.54, 1.807) is 4.90 Å². The summed E-state index contributed by atoms with van der Waals surface area (Å²) in [6.45, 7) is 2.16. The molecule has 0 aromatic heterocycles. The molecule has 0 atom stereocenters. The second kappa shape index (κ2) is 4.97. The quantitative estimate of drug-likeness (QED) is 0.835. The Kier molecular flexibility index (Phi) is 3.16. The lowest BCUT2D eigenvalue weighted by atomic mass is 10.1. The lowest BCUT2D eigenvalue weighted by Crippen LogP contribution is -2.33. The average molecular weight is 254 g/mol. The highest BCUT2D eigenvalue weighted by molar-refractivity contribution is 5.95. The van der Waals surface area contributed by atoms with E-state index < -0.39 is 0 Å². The molecule has 3 nitrogen and oxygen atoms in total. The van der Waals surface area contributed by atoms with Crippen LogP contribution in [0.2, 0.25) is 0 Å². The van der Waals surface area contributed by atoms with Crippen molar-refractivity contribution in [1.29, 1.82) is 0 Å². The van der Waals surface area contributed by atoms with Crippen LogP contribution >= 0.6 is 0 Å². The predicted octanol–water partition coefficient (Wildman–Crippen LogP) is 2.14. The molecule has 3 heteroatoms. The number of hydrogen-bond donors (Lipinski definition) is 1. The summed E-state index contributed by atoms with van der Waals surface area (Å²) in [7, 11) is 0. The largest absolute Gasteiger partial charge is 0.384 e. The molecule has 2 aliphatic rings. The van der Waals surface area contributed by atoms with E-state index in [2.05, 4.69) is 11.2 Å². The topological polar surface area (TPSA) is 32.3 Å². The minimum atomic E-state index is 0.0568. The molecule has 19 heavy (non-hydrogen) atoms. The number of nitrogens with zero attached hydrogens (tertiary/aromatic N) is 1. The van der Waals surface area contributed by atoms with E-state index in [4.69, 9.17) is 6.42 Å². The highest BCUT2D eigenvalue weighted by Gasteiger charge is 2.27. The van der Waals surface area contributed by atoms with Crippen molar-refractivity contribution in [2.45, 2.75) is 19.3 Å². The van der Waals surface area contributed by atoms with E-state index in [1.807, 2.05) is 18.2 Å². The Morgan fingerprint density at radius 2 is 2.32 bits per heavy atom. The van der Waals surface area contributed by atoms with Crippen LogP contribution in [-0.4, -0.2) is 30.4 Å². The van der Waals surface area contributed by atoms with Crippen LogP contribution in [0.4, 0.5) is 5.69 Å². The maximum Gasteiger partial charge on any atom is 0.254 e. The van der Waals surface area contributed by atoms with Crippen LogP contribution in [0, 0.1) is 18.3 Å². The molecule has 1 amide bonds. The van der Waals surface area contributed by atoms with Crippen LogP contribution < -0.4 is 5.32 Å². The smallest absolute Gasteiger partial charge is 0.254 e. The lowest BCUT2D eigenvalue weighted by molar-refractivity contribution is 0.0770. The first-order valence-electron chi connectivity index (χ1n) is 6.87. The molecule has 0 spiro atoms. The molecule has 98 valence electrons. The summed E-state index contributed by atoms with van der Waals surface area (Å²) in [4.78, 5) is 14.3. The number of anilines is 1. The number of nitrogens with one attached hydrogen (secondary N) is 1. The van der Waals surface area contributed by atoms with Gasteiger partial charge in [-0.1, -0.05) is 12.0 Å². The Balaban J connectivity index is 1.78. The van der Waals surface area contributed by atoms with Gasteiger partial charge >= 0.3 is 0 Å². The number of benzene rings is 1. The molecule has 1 heterocycles. The Bertz CT molecular complexity index is 540. The van der Waals surface area contributed by atoms with Gasteiger partial charge in [0.05, 0.1) is 6.54 Å². The van der Waals surface area contributed by atoms with Gasteiger partial charge in [0.25, 0.3) is 5.91 Å². The van der Waals surface area contributed by atoms with Crippen LogP contribution in [0.5, 0.6) is 0 Å². The monoisotopic (exact) mass is 254 g/mol. The van der Waals surface area contributed by atoms with Crippen molar-refractivity contribution in [2.24, 2.45) is 5.92 Å². The van der Waals surface area contributed by atoms with Gasteiger partial charge in [0.15, 0.2) is 0 Å². The molecule has 0 bridgehead atoms. The summed E-state index contributed by atoms with van der Waals surface area (Å²) in [5, 5.41) is 3.31. The van der Waals surface area contributed by atoms with Gasteiger partial charge in [-0.3, -0.25) is 4.79 Å². The molecule has 3 rings (SSSR count). The van der Waals surface area contributed by atoms with Crippen LogP contribution in [0.25, 0.3) is 0 Å². The SMILES string of the molecule is C#CCN(CC1CC1)C(=O)c1ccc2c(c1)NCC2. The molecular weight excluding hydrogens is 236 g/mol. The highest BCUT2D eigenvalue weighted by atomic mass is 16.2. The summed E-state index contributed by atoms with van der Waals surface area (Å²) in [5.74, 6) is 3.31. The molecule has 1 fully saturated rings. The number of rotatable bonds is 4. The van der Waals surface area contributed by atoms with E-state index in [-0.39, 0.29) is 5.91 Å². The Morgan fingerprint density at radius 3 is 3.05 bits per heavy atom. The zero-order valence-corrected chi connectivity index (χ0v) is 11.0. The van der Waals surface area contributed by atoms with E-state index in [0.29, 0.717) is 12.5 Å². The minimum absolute atomic E-state index is 0.0568. The van der Waals surface area contributed by atoms with E-state index in [1.165, 1.54) is 18.4 Å². The third-order valence-electron chi connectivity index (χ3n) is 3.81. The van der Waals surface area contributed by atoms with E-state index in [9.17, 15) is 4.79 Å². The fourth-order valence-corrected chi connectivity index (χ4v) is 2.55. The van der Waals surface area contributed by atoms with Gasteiger partial charge in [-0.25, -0.2) is 0 Å². The zero-order chi connectivity index (χ0) is 13.2. The van der Waals surface area contributed by atoms with Crippen molar-refractivity contribution >= 4 is 11.6 Å². The van der Waals surface area contributed by atoms with E-state index >= 15 is 0 Å². The van der Waals surface area contributed by atoms with Crippen LogP contribution in [0.1, 0.15) is 28.8 Å². The summed E-state index contributed by atoms with van der Waals surface area (Å²) >= 11 is 0. The van der Waals surface area contributed by atoms with Crippen molar-refractivity contribution in [3.63, 3.8) is 0 Å². The standard InChI is InChI=1S/C16H18N2O/c1-2-9-18(11-12-3-4-12)16(19)14-6-5-13-7-8-17-15(13)10-14/h1,5-6,10,12,17H,3-4,7-9,11H2. The highest BCUT2D eigenvalue weighted by Crippen LogP contribution is 2.30. The number of carbonyl (C=O) groups excluding carboxylic acids is 1. The first-order valence-corrected chi connectivity index (χ1v) is 6.87. The molecular formula is C16H18N2O. The third-order valence-corrected chi connectivity index (χ3v) is 3.81. The van der Waals surface area contributed by atoms with Gasteiger partial charge in [0.1, 0.15) is 0 Å². The average Bonchev–Trinajstić information content (AvgIpc) is 3.11. The Morgan fingerprint density at radius 1 is 1.47 bits per heavy atom. The van der Waals surface area contributed by atoms with Crippen molar-refractivity contribution in [3.8, 4) is 12.3 Å². The maximum atomic E-state index is 12.5. The number of hydrogen-bond acceptors (Lipinski definition) is 2. The van der Waals surface area contributed by atoms with Crippen molar-refractivity contribution in [2.75, 3.05) is 25.0 Å². The van der Waals surface area contributed by atoms with Crippen molar-refractivity contribution in [1.82, 2.24) is 4.90 Å². The number of carbonyl (C=O) groups is 1. The first-order chi connectivity index (χ1) is 9.28. The first kappa shape index (κ1) is 12.1. The van der Waals surface area contributed by atoms with Crippen molar-refractivity contribution < 1.29 is 4.79 Å². The predicted molar refractivity (Wildman–Crippen MR) is 76.1 cm³/mol. The van der Waals surface area contributed by atoms with Crippen molar-refractivity contribution in [3.05, 3.63) is 29.3 Å². The molecule has 0 unspecified atom stereocenters. The number of amides is 1. The molecule has 1 aliphatic carbocycles. The van der Waals surface area contributed by atoms with Crippen LogP contribution in [-0.2, 0) is 6.42 Å². The Hall–Kier alpha value is -1.95. The molecule has 1 aromatic carbocycles. The van der Waals surface area contributed by atoms with Crippen LogP contribution in [0.3, 0.4) is 0 Å². The summed E-state index contributed by atoms with van der Waals surface area (Å²) in [5.41, 5.74) is 3.13. The summed E-state index contributed by atoms with van der Waals surface area (Å²) in [6, 6.07) is 5.93. The normalized spacial score (nSPS) is 16.4. The fourth-order valence-electron chi connectivity index (χ4n) is 2.55. The Labute approximate surface area is 114 Å². The molecule has 1 aromatic rings. The number of fused-ring (bicyclic) bond motifs is 1. The second-order valence-electron chi connectivity index (χ2n) is 5.38. The fraction of sp³-hybridized carbons (Fsp3) is 0.438. The summed E-state index contributed by atoms with van der Waals surface area (Å²) in [6.07, 6.45) is 8.86. The van der Waals surface area contributed by atoms with Gasteiger partial charge in [-0.05, 0) is 42.9 Å². The van der Waals surface area contributed by atoms with Crippen LogP contribution in [0.15, 0.2) is 18.2 Å². The molecule has 0 saturated heterocycles. The molecule has 1 N–H and O–H groups in total. The van der Waals surface area contributed by atoms with Gasteiger partial charge < -0.3 is 10.2 Å². The molecule has 0 radical (unpaired) electrons.